The lowest BCUT2D eigenvalue weighted by molar-refractivity contribution is -0.274. The second-order valence-electron chi connectivity index (χ2n) is 4.49. The number of nitrogens with zero attached hydrogens (tertiary/aromatic N) is 3. The van der Waals surface area contributed by atoms with Crippen molar-refractivity contribution < 1.29 is 22.7 Å². The third kappa shape index (κ3) is 5.18. The highest BCUT2D eigenvalue weighted by Crippen LogP contribution is 2.26. The first kappa shape index (κ1) is 17.6. The first-order chi connectivity index (χ1) is 11.4. The van der Waals surface area contributed by atoms with E-state index >= 15 is 0 Å². The molecule has 0 aliphatic rings. The van der Waals surface area contributed by atoms with Crippen LogP contribution in [-0.2, 0) is 13.1 Å². The number of amides is 1. The summed E-state index contributed by atoms with van der Waals surface area (Å²) >= 11 is 1.14. The van der Waals surface area contributed by atoms with Crippen LogP contribution in [0, 0.1) is 0 Å². The number of hydrogen-bond acceptors (Lipinski definition) is 4. The van der Waals surface area contributed by atoms with E-state index in [1.54, 1.807) is 18.2 Å². The second-order valence-corrected chi connectivity index (χ2v) is 5.66. The normalized spacial score (nSPS) is 10.8. The fraction of sp³-hybridized carbons (Fsp3) is 0.214. The lowest BCUT2D eigenvalue weighted by atomic mass is 10.2. The molecule has 0 aliphatic carbocycles. The van der Waals surface area contributed by atoms with Gasteiger partial charge in [-0.2, -0.15) is 0 Å². The van der Waals surface area contributed by atoms with Crippen molar-refractivity contribution >= 4 is 17.2 Å². The Balaban J connectivity index is 2.01. The predicted octanol–water partition coefficient (Wildman–Crippen LogP) is 4.39. The zero-order chi connectivity index (χ0) is 17.6. The van der Waals surface area contributed by atoms with E-state index in [1.807, 2.05) is 0 Å². The number of carbonyl (C=O) groups excluding carboxylic acids is 1. The van der Waals surface area contributed by atoms with Crippen LogP contribution in [-0.4, -0.2) is 12.3 Å². The van der Waals surface area contributed by atoms with E-state index < -0.39 is 12.3 Å². The SMILES string of the molecule is [N-]=[N+]=NCc1ccc(C(=O)NCc2ccccc2OC(F)(F)F)s1. The van der Waals surface area contributed by atoms with Crippen molar-refractivity contribution in [1.29, 1.82) is 0 Å². The number of para-hydroxylation sites is 1. The highest BCUT2D eigenvalue weighted by Gasteiger charge is 2.32. The summed E-state index contributed by atoms with van der Waals surface area (Å²) < 4.78 is 41.0. The Morgan fingerprint density at radius 1 is 1.29 bits per heavy atom. The molecule has 24 heavy (non-hydrogen) atoms. The van der Waals surface area contributed by atoms with Crippen molar-refractivity contribution in [3.05, 3.63) is 62.2 Å². The van der Waals surface area contributed by atoms with E-state index in [9.17, 15) is 18.0 Å². The number of azide groups is 1. The maximum atomic E-state index is 12.3. The van der Waals surface area contributed by atoms with Crippen LogP contribution < -0.4 is 10.1 Å². The zero-order valence-electron chi connectivity index (χ0n) is 12.1. The van der Waals surface area contributed by atoms with Crippen LogP contribution in [0.3, 0.4) is 0 Å². The number of carbonyl (C=O) groups is 1. The Bertz CT molecular complexity index is 769. The predicted molar refractivity (Wildman–Crippen MR) is 81.5 cm³/mol. The third-order valence-electron chi connectivity index (χ3n) is 2.81. The summed E-state index contributed by atoms with van der Waals surface area (Å²) in [6.07, 6.45) is -4.80. The van der Waals surface area contributed by atoms with Gasteiger partial charge in [-0.25, -0.2) is 0 Å². The van der Waals surface area contributed by atoms with Gasteiger partial charge in [-0.05, 0) is 23.7 Å². The van der Waals surface area contributed by atoms with Gasteiger partial charge in [0.1, 0.15) is 5.75 Å². The minimum absolute atomic E-state index is 0.116. The van der Waals surface area contributed by atoms with Crippen molar-refractivity contribution in [3.63, 3.8) is 0 Å². The van der Waals surface area contributed by atoms with Crippen LogP contribution in [0.25, 0.3) is 10.4 Å². The molecule has 0 radical (unpaired) electrons. The van der Waals surface area contributed by atoms with E-state index in [0.717, 1.165) is 11.3 Å². The van der Waals surface area contributed by atoms with Gasteiger partial charge in [0, 0.05) is 21.9 Å². The zero-order valence-corrected chi connectivity index (χ0v) is 12.9. The largest absolute Gasteiger partial charge is 0.573 e. The molecule has 0 atom stereocenters. The van der Waals surface area contributed by atoms with Gasteiger partial charge in [-0.1, -0.05) is 23.3 Å². The highest BCUT2D eigenvalue weighted by atomic mass is 32.1. The van der Waals surface area contributed by atoms with Crippen LogP contribution in [0.2, 0.25) is 0 Å². The van der Waals surface area contributed by atoms with E-state index in [0.29, 0.717) is 9.75 Å². The fourth-order valence-corrected chi connectivity index (χ4v) is 2.66. The van der Waals surface area contributed by atoms with Gasteiger partial charge in [0.2, 0.25) is 0 Å². The molecule has 0 fully saturated rings. The van der Waals surface area contributed by atoms with Gasteiger partial charge < -0.3 is 10.1 Å². The number of benzene rings is 1. The number of hydrogen-bond donors (Lipinski definition) is 1. The maximum Gasteiger partial charge on any atom is 0.573 e. The standard InChI is InChI=1S/C14H11F3N4O2S/c15-14(16,17)23-11-4-2-1-3-9(11)7-19-13(22)12-6-5-10(24-12)8-20-21-18/h1-6H,7-8H2,(H,19,22). The quantitative estimate of drug-likeness (QED) is 0.473. The molecule has 0 aliphatic heterocycles. The molecule has 126 valence electrons. The molecule has 1 heterocycles. The molecule has 2 rings (SSSR count). The Morgan fingerprint density at radius 2 is 2.04 bits per heavy atom. The van der Waals surface area contributed by atoms with Gasteiger partial charge in [0.05, 0.1) is 11.4 Å². The van der Waals surface area contributed by atoms with E-state index in [-0.39, 0.29) is 24.4 Å². The fourth-order valence-electron chi connectivity index (χ4n) is 1.82. The summed E-state index contributed by atoms with van der Waals surface area (Å²) in [4.78, 5) is 15.7. The topological polar surface area (TPSA) is 87.1 Å². The van der Waals surface area contributed by atoms with Crippen molar-refractivity contribution in [2.45, 2.75) is 19.5 Å². The molecule has 1 aromatic carbocycles. The number of halogens is 3. The van der Waals surface area contributed by atoms with Crippen LogP contribution in [0.1, 0.15) is 20.1 Å². The van der Waals surface area contributed by atoms with Crippen LogP contribution >= 0.6 is 11.3 Å². The summed E-state index contributed by atoms with van der Waals surface area (Å²) in [5, 5.41) is 5.92. The number of rotatable bonds is 6. The number of thiophene rings is 1. The van der Waals surface area contributed by atoms with Crippen LogP contribution in [0.4, 0.5) is 13.2 Å². The lowest BCUT2D eigenvalue weighted by Gasteiger charge is -2.13. The van der Waals surface area contributed by atoms with Gasteiger partial charge in [-0.15, -0.1) is 24.5 Å². The summed E-state index contributed by atoms with van der Waals surface area (Å²) in [6.45, 7) is 0.0192. The Hall–Kier alpha value is -2.71. The first-order valence-electron chi connectivity index (χ1n) is 6.60. The highest BCUT2D eigenvalue weighted by molar-refractivity contribution is 7.14. The molecule has 1 aromatic heterocycles. The average molecular weight is 356 g/mol. The molecule has 0 spiro atoms. The number of ether oxygens (including phenoxy) is 1. The molecule has 1 amide bonds. The van der Waals surface area contributed by atoms with E-state index in [4.69, 9.17) is 5.53 Å². The van der Waals surface area contributed by atoms with Gasteiger partial charge in [0.25, 0.3) is 5.91 Å². The molecular formula is C14H11F3N4O2S. The summed E-state index contributed by atoms with van der Waals surface area (Å²) in [6, 6.07) is 8.78. The molecular weight excluding hydrogens is 345 g/mol. The third-order valence-corrected chi connectivity index (χ3v) is 3.88. The molecule has 1 N–H and O–H groups in total. The Kier molecular flexibility index (Phi) is 5.67. The Labute approximate surface area is 138 Å². The summed E-state index contributed by atoms with van der Waals surface area (Å²) in [5.74, 6) is -0.797. The number of nitrogens with one attached hydrogen (secondary N) is 1. The van der Waals surface area contributed by atoms with E-state index in [2.05, 4.69) is 20.1 Å². The second kappa shape index (κ2) is 7.71. The van der Waals surface area contributed by atoms with Crippen molar-refractivity contribution in [2.75, 3.05) is 0 Å². The molecule has 0 unspecified atom stereocenters. The molecule has 0 bridgehead atoms. The van der Waals surface area contributed by atoms with Crippen molar-refractivity contribution in [1.82, 2.24) is 5.32 Å². The van der Waals surface area contributed by atoms with Crippen molar-refractivity contribution in [3.8, 4) is 5.75 Å². The van der Waals surface area contributed by atoms with Gasteiger partial charge in [0.15, 0.2) is 0 Å². The van der Waals surface area contributed by atoms with Crippen molar-refractivity contribution in [2.24, 2.45) is 5.11 Å². The monoisotopic (exact) mass is 356 g/mol. The summed E-state index contributed by atoms with van der Waals surface area (Å²) in [7, 11) is 0. The minimum atomic E-state index is -4.80. The molecule has 2 aromatic rings. The molecule has 0 saturated heterocycles. The average Bonchev–Trinajstić information content (AvgIpc) is 2.99. The van der Waals surface area contributed by atoms with Gasteiger partial charge >= 0.3 is 6.36 Å². The first-order valence-corrected chi connectivity index (χ1v) is 7.42. The molecule has 10 heteroatoms. The Morgan fingerprint density at radius 3 is 2.75 bits per heavy atom. The van der Waals surface area contributed by atoms with Gasteiger partial charge in [-0.3, -0.25) is 4.79 Å². The van der Waals surface area contributed by atoms with Crippen LogP contribution in [0.5, 0.6) is 5.75 Å². The number of alkyl halides is 3. The summed E-state index contributed by atoms with van der Waals surface area (Å²) in [5.41, 5.74) is 8.46. The molecule has 0 saturated carbocycles. The lowest BCUT2D eigenvalue weighted by Crippen LogP contribution is -2.23. The maximum absolute atomic E-state index is 12.3. The van der Waals surface area contributed by atoms with Crippen LogP contribution in [0.15, 0.2) is 41.5 Å². The smallest absolute Gasteiger partial charge is 0.405 e. The van der Waals surface area contributed by atoms with E-state index in [1.165, 1.54) is 18.2 Å². The molecule has 6 nitrogen and oxygen atoms in total. The minimum Gasteiger partial charge on any atom is -0.405 e.